The highest BCUT2D eigenvalue weighted by Gasteiger charge is 2.35. The Morgan fingerprint density at radius 2 is 2.00 bits per heavy atom. The van der Waals surface area contributed by atoms with Crippen molar-refractivity contribution in [3.05, 3.63) is 44.8 Å². The van der Waals surface area contributed by atoms with E-state index in [2.05, 4.69) is 47.3 Å². The number of thiophene rings is 2. The fourth-order valence-electron chi connectivity index (χ4n) is 3.06. The smallest absolute Gasteiger partial charge is 0.0463 e. The van der Waals surface area contributed by atoms with Gasteiger partial charge in [-0.2, -0.15) is 0 Å². The van der Waals surface area contributed by atoms with E-state index in [0.29, 0.717) is 11.5 Å². The van der Waals surface area contributed by atoms with Crippen LogP contribution in [0.15, 0.2) is 35.0 Å². The van der Waals surface area contributed by atoms with Gasteiger partial charge in [0.05, 0.1) is 0 Å². The average Bonchev–Trinajstić information content (AvgIpc) is 3.10. The van der Waals surface area contributed by atoms with Crippen LogP contribution in [0.4, 0.5) is 0 Å². The summed E-state index contributed by atoms with van der Waals surface area (Å²) in [6.45, 7) is 3.53. The summed E-state index contributed by atoms with van der Waals surface area (Å²) < 4.78 is 0. The van der Waals surface area contributed by atoms with Crippen LogP contribution in [0.1, 0.15) is 48.4 Å². The third kappa shape index (κ3) is 3.16. The van der Waals surface area contributed by atoms with Crippen molar-refractivity contribution in [3.63, 3.8) is 0 Å². The van der Waals surface area contributed by atoms with Gasteiger partial charge in [-0.3, -0.25) is 0 Å². The molecule has 0 radical (unpaired) electrons. The van der Waals surface area contributed by atoms with Gasteiger partial charge in [0.1, 0.15) is 0 Å². The number of hydrogen-bond acceptors (Lipinski definition) is 3. The van der Waals surface area contributed by atoms with Crippen LogP contribution in [0.2, 0.25) is 0 Å². The Balaban J connectivity index is 1.66. The molecule has 1 fully saturated rings. The van der Waals surface area contributed by atoms with Crippen LogP contribution < -0.4 is 5.32 Å². The standard InChI is InChI=1S/C17H23NS2/c1-2-17(8-5-9-17)13-18-15(16-7-4-11-20-16)12-14-6-3-10-19-14/h3-4,6-7,10-11,15,18H,2,5,8-9,12-13H2,1H3. The zero-order chi connectivity index (χ0) is 13.8. The Morgan fingerprint density at radius 3 is 2.55 bits per heavy atom. The average molecular weight is 306 g/mol. The second-order valence-electron chi connectivity index (χ2n) is 5.94. The molecule has 0 aromatic carbocycles. The van der Waals surface area contributed by atoms with E-state index in [1.165, 1.54) is 42.0 Å². The molecule has 20 heavy (non-hydrogen) atoms. The highest BCUT2D eigenvalue weighted by molar-refractivity contribution is 7.10. The summed E-state index contributed by atoms with van der Waals surface area (Å²) in [4.78, 5) is 2.96. The van der Waals surface area contributed by atoms with Crippen molar-refractivity contribution in [3.8, 4) is 0 Å². The number of hydrogen-bond donors (Lipinski definition) is 1. The first-order valence-corrected chi connectivity index (χ1v) is 9.36. The first kappa shape index (κ1) is 14.3. The molecule has 0 bridgehead atoms. The van der Waals surface area contributed by atoms with Crippen LogP contribution >= 0.6 is 22.7 Å². The minimum Gasteiger partial charge on any atom is -0.308 e. The molecule has 3 heteroatoms. The van der Waals surface area contributed by atoms with Crippen molar-refractivity contribution >= 4 is 22.7 Å². The van der Waals surface area contributed by atoms with Crippen LogP contribution in [0, 0.1) is 5.41 Å². The van der Waals surface area contributed by atoms with E-state index in [1.54, 1.807) is 0 Å². The molecule has 1 aliphatic rings. The van der Waals surface area contributed by atoms with E-state index in [4.69, 9.17) is 0 Å². The molecule has 1 nitrogen and oxygen atoms in total. The van der Waals surface area contributed by atoms with Crippen molar-refractivity contribution in [2.75, 3.05) is 6.54 Å². The summed E-state index contributed by atoms with van der Waals surface area (Å²) in [6, 6.07) is 9.34. The summed E-state index contributed by atoms with van der Waals surface area (Å²) >= 11 is 3.75. The van der Waals surface area contributed by atoms with Gasteiger partial charge in [0, 0.05) is 28.8 Å². The van der Waals surface area contributed by atoms with Crippen molar-refractivity contribution in [1.82, 2.24) is 5.32 Å². The third-order valence-electron chi connectivity index (χ3n) is 4.76. The summed E-state index contributed by atoms with van der Waals surface area (Å²) in [5.41, 5.74) is 0.588. The summed E-state index contributed by atoms with van der Waals surface area (Å²) in [5, 5.41) is 8.24. The van der Waals surface area contributed by atoms with Crippen LogP contribution in [-0.2, 0) is 6.42 Å². The van der Waals surface area contributed by atoms with Gasteiger partial charge in [-0.05, 0) is 47.6 Å². The summed E-state index contributed by atoms with van der Waals surface area (Å²) in [5.74, 6) is 0. The van der Waals surface area contributed by atoms with Crippen LogP contribution in [0.3, 0.4) is 0 Å². The van der Waals surface area contributed by atoms with E-state index in [9.17, 15) is 0 Å². The highest BCUT2D eigenvalue weighted by Crippen LogP contribution is 2.43. The summed E-state index contributed by atoms with van der Waals surface area (Å²) in [7, 11) is 0. The van der Waals surface area contributed by atoms with E-state index in [-0.39, 0.29) is 0 Å². The van der Waals surface area contributed by atoms with Crippen molar-refractivity contribution in [2.24, 2.45) is 5.41 Å². The van der Waals surface area contributed by atoms with Crippen molar-refractivity contribution in [2.45, 2.75) is 45.1 Å². The molecule has 2 heterocycles. The molecule has 0 spiro atoms. The molecule has 0 aliphatic heterocycles. The van der Waals surface area contributed by atoms with Gasteiger partial charge in [-0.25, -0.2) is 0 Å². The lowest BCUT2D eigenvalue weighted by atomic mass is 9.67. The Hall–Kier alpha value is -0.640. The summed E-state index contributed by atoms with van der Waals surface area (Å²) in [6.07, 6.45) is 6.68. The van der Waals surface area contributed by atoms with Crippen molar-refractivity contribution < 1.29 is 0 Å². The molecule has 1 aliphatic carbocycles. The Kier molecular flexibility index (Phi) is 4.59. The second kappa shape index (κ2) is 6.42. The zero-order valence-corrected chi connectivity index (χ0v) is 13.7. The van der Waals surface area contributed by atoms with E-state index < -0.39 is 0 Å². The number of nitrogens with one attached hydrogen (secondary N) is 1. The second-order valence-corrected chi connectivity index (χ2v) is 7.95. The molecule has 1 saturated carbocycles. The SMILES string of the molecule is CCC1(CNC(Cc2cccs2)c2cccs2)CCC1. The maximum Gasteiger partial charge on any atom is 0.0463 e. The molecule has 2 aromatic rings. The lowest BCUT2D eigenvalue weighted by Gasteiger charge is -2.42. The molecular weight excluding hydrogens is 282 g/mol. The lowest BCUT2D eigenvalue weighted by Crippen LogP contribution is -2.41. The van der Waals surface area contributed by atoms with Gasteiger partial charge < -0.3 is 5.32 Å². The monoisotopic (exact) mass is 305 g/mol. The van der Waals surface area contributed by atoms with E-state index in [0.717, 1.165) is 6.42 Å². The molecular formula is C17H23NS2. The lowest BCUT2D eigenvalue weighted by molar-refractivity contribution is 0.119. The predicted molar refractivity (Wildman–Crippen MR) is 89.7 cm³/mol. The molecule has 1 atom stereocenters. The minimum atomic E-state index is 0.484. The molecule has 108 valence electrons. The minimum absolute atomic E-state index is 0.484. The van der Waals surface area contributed by atoms with Crippen molar-refractivity contribution in [1.29, 1.82) is 0 Å². The van der Waals surface area contributed by atoms with Gasteiger partial charge in [0.15, 0.2) is 0 Å². The van der Waals surface area contributed by atoms with Gasteiger partial charge in [0.25, 0.3) is 0 Å². The fraction of sp³-hybridized carbons (Fsp3) is 0.529. The zero-order valence-electron chi connectivity index (χ0n) is 12.1. The molecule has 1 unspecified atom stereocenters. The van der Waals surface area contributed by atoms with E-state index in [1.807, 2.05) is 22.7 Å². The van der Waals surface area contributed by atoms with Crippen LogP contribution in [-0.4, -0.2) is 6.54 Å². The van der Waals surface area contributed by atoms with E-state index >= 15 is 0 Å². The molecule has 0 amide bonds. The Labute approximate surface area is 130 Å². The van der Waals surface area contributed by atoms with Gasteiger partial charge >= 0.3 is 0 Å². The largest absolute Gasteiger partial charge is 0.308 e. The molecule has 2 aromatic heterocycles. The maximum absolute atomic E-state index is 3.87. The Bertz CT molecular complexity index is 492. The van der Waals surface area contributed by atoms with Crippen LogP contribution in [0.25, 0.3) is 0 Å². The third-order valence-corrected chi connectivity index (χ3v) is 6.64. The predicted octanol–water partition coefficient (Wildman–Crippen LogP) is 5.26. The number of rotatable bonds is 7. The molecule has 0 saturated heterocycles. The van der Waals surface area contributed by atoms with Gasteiger partial charge in [-0.15, -0.1) is 22.7 Å². The fourth-order valence-corrected chi connectivity index (χ4v) is 4.62. The highest BCUT2D eigenvalue weighted by atomic mass is 32.1. The first-order chi connectivity index (χ1) is 9.81. The first-order valence-electron chi connectivity index (χ1n) is 7.60. The van der Waals surface area contributed by atoms with Gasteiger partial charge in [-0.1, -0.05) is 25.5 Å². The van der Waals surface area contributed by atoms with Gasteiger partial charge in [0.2, 0.25) is 0 Å². The van der Waals surface area contributed by atoms with Crippen LogP contribution in [0.5, 0.6) is 0 Å². The molecule has 1 N–H and O–H groups in total. The Morgan fingerprint density at radius 1 is 1.20 bits per heavy atom. The normalized spacial score (nSPS) is 18.6. The molecule has 3 rings (SSSR count). The quantitative estimate of drug-likeness (QED) is 0.735. The topological polar surface area (TPSA) is 12.0 Å². The maximum atomic E-state index is 3.87.